The Balaban J connectivity index is 2.01. The van der Waals surface area contributed by atoms with E-state index in [0.29, 0.717) is 12.5 Å². The molecule has 0 spiro atoms. The summed E-state index contributed by atoms with van der Waals surface area (Å²) in [6.45, 7) is 4.85. The molecule has 0 saturated heterocycles. The van der Waals surface area contributed by atoms with Gasteiger partial charge in [-0.3, -0.25) is 4.79 Å². The predicted octanol–water partition coefficient (Wildman–Crippen LogP) is 4.17. The lowest BCUT2D eigenvalue weighted by molar-refractivity contribution is 0.402. The van der Waals surface area contributed by atoms with E-state index >= 15 is 0 Å². The van der Waals surface area contributed by atoms with Gasteiger partial charge in [0.1, 0.15) is 0 Å². The molecule has 27 heavy (non-hydrogen) atoms. The highest BCUT2D eigenvalue weighted by atomic mass is 16.5. The number of hydrogen-bond acceptors (Lipinski definition) is 4. The van der Waals surface area contributed by atoms with Crippen molar-refractivity contribution in [1.82, 2.24) is 9.55 Å². The molecule has 0 aliphatic heterocycles. The molecular weight excluding hydrogens is 338 g/mol. The Morgan fingerprint density at radius 2 is 1.81 bits per heavy atom. The third-order valence-electron chi connectivity index (χ3n) is 4.58. The number of nitrogens with one attached hydrogen (secondary N) is 1. The fraction of sp³-hybridized carbons (Fsp3) is 0.273. The Hall–Kier alpha value is -3.08. The maximum atomic E-state index is 12.2. The zero-order valence-electron chi connectivity index (χ0n) is 16.0. The molecule has 2 aromatic carbocycles. The van der Waals surface area contributed by atoms with Gasteiger partial charge in [-0.25, -0.2) is 0 Å². The average Bonchev–Trinajstić information content (AvgIpc) is 2.71. The molecule has 3 aromatic rings. The molecule has 3 rings (SSSR count). The number of hydrogen-bond donors (Lipinski definition) is 1. The average molecular weight is 363 g/mol. The molecule has 1 aromatic heterocycles. The van der Waals surface area contributed by atoms with Crippen molar-refractivity contribution in [2.45, 2.75) is 33.2 Å². The van der Waals surface area contributed by atoms with E-state index in [1.807, 2.05) is 34.9 Å². The molecule has 0 bridgehead atoms. The van der Waals surface area contributed by atoms with E-state index < -0.39 is 0 Å². The van der Waals surface area contributed by atoms with Gasteiger partial charge >= 0.3 is 5.56 Å². The second-order valence-electron chi connectivity index (χ2n) is 6.38. The Morgan fingerprint density at radius 1 is 1.04 bits per heavy atom. The summed E-state index contributed by atoms with van der Waals surface area (Å²) >= 11 is 0. The molecular formula is C22H25N3O2. The first-order valence-corrected chi connectivity index (χ1v) is 9.22. The second kappa shape index (κ2) is 8.54. The lowest BCUT2D eigenvalue weighted by atomic mass is 10.0. The van der Waals surface area contributed by atoms with Crippen LogP contribution in [0.5, 0.6) is 5.75 Å². The van der Waals surface area contributed by atoms with Crippen LogP contribution in [0.25, 0.3) is 0 Å². The molecule has 140 valence electrons. The third kappa shape index (κ3) is 4.37. The molecule has 0 unspecified atom stereocenters. The van der Waals surface area contributed by atoms with Crippen LogP contribution in [0.3, 0.4) is 0 Å². The number of methoxy groups -OCH3 is 1. The lowest BCUT2D eigenvalue weighted by Gasteiger charge is -2.17. The Morgan fingerprint density at radius 3 is 2.48 bits per heavy atom. The molecule has 0 aliphatic rings. The molecule has 5 heteroatoms. The fourth-order valence-electron chi connectivity index (χ4n) is 3.02. The molecule has 1 N–H and O–H groups in total. The van der Waals surface area contributed by atoms with Gasteiger partial charge in [-0.05, 0) is 35.6 Å². The minimum Gasteiger partial charge on any atom is -0.490 e. The van der Waals surface area contributed by atoms with E-state index in [-0.39, 0.29) is 11.3 Å². The molecule has 0 amide bonds. The molecule has 0 fully saturated rings. The van der Waals surface area contributed by atoms with Gasteiger partial charge in [-0.2, -0.15) is 4.98 Å². The number of anilines is 2. The molecule has 1 heterocycles. The first-order valence-electron chi connectivity index (χ1n) is 9.22. The van der Waals surface area contributed by atoms with E-state index in [4.69, 9.17) is 4.74 Å². The highest BCUT2D eigenvalue weighted by molar-refractivity contribution is 5.60. The Bertz CT molecular complexity index is 965. The van der Waals surface area contributed by atoms with Crippen LogP contribution in [-0.2, 0) is 19.4 Å². The molecule has 5 nitrogen and oxygen atoms in total. The summed E-state index contributed by atoms with van der Waals surface area (Å²) in [6.07, 6.45) is 3.60. The van der Waals surface area contributed by atoms with Crippen LogP contribution in [0.4, 0.5) is 11.6 Å². The van der Waals surface area contributed by atoms with Gasteiger partial charge in [-0.15, -0.1) is 0 Å². The van der Waals surface area contributed by atoms with Gasteiger partial charge in [0.25, 0.3) is 0 Å². The van der Waals surface area contributed by atoms with E-state index in [0.717, 1.165) is 24.1 Å². The van der Waals surface area contributed by atoms with Gasteiger partial charge in [0, 0.05) is 5.69 Å². The van der Waals surface area contributed by atoms with E-state index in [9.17, 15) is 4.79 Å². The number of ether oxygens (including phenoxy) is 1. The highest BCUT2D eigenvalue weighted by Crippen LogP contribution is 2.23. The monoisotopic (exact) mass is 363 g/mol. The lowest BCUT2D eigenvalue weighted by Crippen LogP contribution is -2.19. The number of aromatic nitrogens is 2. The summed E-state index contributed by atoms with van der Waals surface area (Å²) in [5.74, 6) is 0.733. The van der Waals surface area contributed by atoms with Crippen molar-refractivity contribution in [2.24, 2.45) is 0 Å². The minimum atomic E-state index is -0.382. The van der Waals surface area contributed by atoms with Crippen LogP contribution >= 0.6 is 0 Å². The van der Waals surface area contributed by atoms with E-state index in [1.54, 1.807) is 6.20 Å². The maximum absolute atomic E-state index is 12.2. The van der Waals surface area contributed by atoms with Crippen molar-refractivity contribution in [3.05, 3.63) is 81.8 Å². The van der Waals surface area contributed by atoms with Crippen molar-refractivity contribution in [3.8, 4) is 5.75 Å². The molecule has 0 saturated carbocycles. The van der Waals surface area contributed by atoms with Crippen LogP contribution in [0.15, 0.2) is 59.5 Å². The zero-order chi connectivity index (χ0) is 19.2. The summed E-state index contributed by atoms with van der Waals surface area (Å²) in [5, 5.41) is 3.35. The van der Waals surface area contributed by atoms with Crippen molar-refractivity contribution < 1.29 is 4.74 Å². The van der Waals surface area contributed by atoms with Crippen LogP contribution in [0.1, 0.15) is 30.5 Å². The number of benzene rings is 2. The first kappa shape index (κ1) is 18.7. The smallest absolute Gasteiger partial charge is 0.316 e. The van der Waals surface area contributed by atoms with Gasteiger partial charge in [0.05, 0.1) is 19.9 Å². The van der Waals surface area contributed by atoms with Crippen molar-refractivity contribution in [3.63, 3.8) is 0 Å². The van der Waals surface area contributed by atoms with Crippen LogP contribution in [-0.4, -0.2) is 16.7 Å². The quantitative estimate of drug-likeness (QED) is 0.684. The van der Waals surface area contributed by atoms with Crippen molar-refractivity contribution in [2.75, 3.05) is 12.4 Å². The number of rotatable bonds is 7. The van der Waals surface area contributed by atoms with Gasteiger partial charge in [0.15, 0.2) is 0 Å². The van der Waals surface area contributed by atoms with Crippen molar-refractivity contribution >= 4 is 11.6 Å². The largest absolute Gasteiger partial charge is 0.490 e. The van der Waals surface area contributed by atoms with Gasteiger partial charge < -0.3 is 14.6 Å². The fourth-order valence-corrected chi connectivity index (χ4v) is 3.02. The summed E-state index contributed by atoms with van der Waals surface area (Å²) in [6, 6.07) is 16.4. The minimum absolute atomic E-state index is 0.230. The second-order valence-corrected chi connectivity index (χ2v) is 6.38. The third-order valence-corrected chi connectivity index (χ3v) is 4.58. The molecule has 0 aliphatic carbocycles. The number of nitrogens with zero attached hydrogens (tertiary/aromatic N) is 2. The summed E-state index contributed by atoms with van der Waals surface area (Å²) in [7, 11) is 1.48. The summed E-state index contributed by atoms with van der Waals surface area (Å²) in [5.41, 5.74) is 4.19. The number of aryl methyl sites for hydroxylation is 2. The van der Waals surface area contributed by atoms with Crippen LogP contribution in [0.2, 0.25) is 0 Å². The first-order chi connectivity index (χ1) is 13.1. The van der Waals surface area contributed by atoms with Crippen LogP contribution < -0.4 is 15.6 Å². The van der Waals surface area contributed by atoms with E-state index in [1.165, 1.54) is 18.2 Å². The molecule has 0 atom stereocenters. The predicted molar refractivity (Wildman–Crippen MR) is 109 cm³/mol. The summed E-state index contributed by atoms with van der Waals surface area (Å²) in [4.78, 5) is 16.5. The molecule has 0 radical (unpaired) electrons. The highest BCUT2D eigenvalue weighted by Gasteiger charge is 2.11. The van der Waals surface area contributed by atoms with Gasteiger partial charge in [0.2, 0.25) is 11.7 Å². The van der Waals surface area contributed by atoms with Crippen molar-refractivity contribution in [1.29, 1.82) is 0 Å². The SMILES string of the molecule is CCc1ccc(Nc2nc(=O)c(OC)cn2Cc2ccccc2)c(CC)c1. The Labute approximate surface area is 159 Å². The van der Waals surface area contributed by atoms with E-state index in [2.05, 4.69) is 42.3 Å². The normalized spacial score (nSPS) is 10.6. The maximum Gasteiger partial charge on any atom is 0.316 e. The zero-order valence-corrected chi connectivity index (χ0v) is 16.0. The standard InChI is InChI=1S/C22H25N3O2/c1-4-16-11-12-19(18(5-2)13-16)23-22-24-21(26)20(27-3)15-25(22)14-17-9-7-6-8-10-17/h6-13,15H,4-5,14H2,1-3H3,(H,23,24,26). The Kier molecular flexibility index (Phi) is 5.91. The van der Waals surface area contributed by atoms with Gasteiger partial charge in [-0.1, -0.05) is 56.3 Å². The van der Waals surface area contributed by atoms with Crippen LogP contribution in [0, 0.1) is 0 Å². The summed E-state index contributed by atoms with van der Waals surface area (Å²) < 4.78 is 7.09. The topological polar surface area (TPSA) is 56.1 Å².